The minimum absolute atomic E-state index is 0.0623. The number of carbonyl (C=O) groups excluding carboxylic acids is 1. The maximum absolute atomic E-state index is 12.7. The van der Waals surface area contributed by atoms with E-state index in [-0.39, 0.29) is 5.91 Å². The SMILES string of the molecule is CNc1cnccc1C(=O)N(CCN(C)C)CC(C)C. The van der Waals surface area contributed by atoms with Gasteiger partial charge in [-0.2, -0.15) is 0 Å². The number of hydrogen-bond donors (Lipinski definition) is 1. The number of hydrogen-bond acceptors (Lipinski definition) is 4. The molecule has 5 nitrogen and oxygen atoms in total. The molecule has 0 aliphatic carbocycles. The molecule has 0 aromatic carbocycles. The molecule has 1 aromatic rings. The first-order valence-corrected chi connectivity index (χ1v) is 7.01. The fourth-order valence-corrected chi connectivity index (χ4v) is 1.99. The van der Waals surface area contributed by atoms with Gasteiger partial charge in [0.25, 0.3) is 5.91 Å². The highest BCUT2D eigenvalue weighted by molar-refractivity contribution is 5.99. The van der Waals surface area contributed by atoms with Crippen LogP contribution in [0.15, 0.2) is 18.5 Å². The van der Waals surface area contributed by atoms with E-state index in [0.717, 1.165) is 25.3 Å². The topological polar surface area (TPSA) is 48.5 Å². The van der Waals surface area contributed by atoms with Gasteiger partial charge in [0.05, 0.1) is 17.4 Å². The van der Waals surface area contributed by atoms with Crippen molar-refractivity contribution in [1.29, 1.82) is 0 Å². The molecule has 0 aliphatic rings. The summed E-state index contributed by atoms with van der Waals surface area (Å²) in [6.45, 7) is 6.61. The number of pyridine rings is 1. The maximum Gasteiger partial charge on any atom is 0.256 e. The van der Waals surface area contributed by atoms with Gasteiger partial charge >= 0.3 is 0 Å². The van der Waals surface area contributed by atoms with Crippen LogP contribution in [0.5, 0.6) is 0 Å². The van der Waals surface area contributed by atoms with Crippen LogP contribution in [0.4, 0.5) is 5.69 Å². The second kappa shape index (κ2) is 7.85. The molecule has 1 heterocycles. The number of aromatic nitrogens is 1. The third-order valence-electron chi connectivity index (χ3n) is 3.01. The number of carbonyl (C=O) groups is 1. The number of amides is 1. The Labute approximate surface area is 122 Å². The largest absolute Gasteiger partial charge is 0.386 e. The molecule has 112 valence electrons. The van der Waals surface area contributed by atoms with Gasteiger partial charge in [-0.05, 0) is 26.1 Å². The molecule has 0 atom stereocenters. The molecule has 0 unspecified atom stereocenters. The van der Waals surface area contributed by atoms with E-state index in [1.165, 1.54) is 0 Å². The van der Waals surface area contributed by atoms with E-state index in [0.29, 0.717) is 11.5 Å². The Hall–Kier alpha value is -1.62. The van der Waals surface area contributed by atoms with Gasteiger partial charge in [0.15, 0.2) is 0 Å². The van der Waals surface area contributed by atoms with Crippen molar-refractivity contribution in [3.63, 3.8) is 0 Å². The minimum Gasteiger partial charge on any atom is -0.386 e. The molecule has 0 aliphatic heterocycles. The van der Waals surface area contributed by atoms with Crippen molar-refractivity contribution < 1.29 is 4.79 Å². The van der Waals surface area contributed by atoms with Gasteiger partial charge in [-0.25, -0.2) is 0 Å². The van der Waals surface area contributed by atoms with E-state index in [9.17, 15) is 4.79 Å². The Kier molecular flexibility index (Phi) is 6.45. The highest BCUT2D eigenvalue weighted by Gasteiger charge is 2.19. The van der Waals surface area contributed by atoms with Gasteiger partial charge in [0.1, 0.15) is 0 Å². The molecule has 1 amide bonds. The highest BCUT2D eigenvalue weighted by Crippen LogP contribution is 2.16. The third-order valence-corrected chi connectivity index (χ3v) is 3.01. The van der Waals surface area contributed by atoms with E-state index in [4.69, 9.17) is 0 Å². The second-order valence-corrected chi connectivity index (χ2v) is 5.62. The molecule has 0 fully saturated rings. The van der Waals surface area contributed by atoms with Crippen LogP contribution in [0.1, 0.15) is 24.2 Å². The van der Waals surface area contributed by atoms with Crippen LogP contribution in [-0.2, 0) is 0 Å². The van der Waals surface area contributed by atoms with Crippen molar-refractivity contribution in [2.45, 2.75) is 13.8 Å². The van der Waals surface area contributed by atoms with Gasteiger partial charge in [0, 0.05) is 32.9 Å². The number of likely N-dealkylation sites (N-methyl/N-ethyl adjacent to an activating group) is 1. The normalized spacial score (nSPS) is 10.9. The predicted octanol–water partition coefficient (Wildman–Crippen LogP) is 1.78. The minimum atomic E-state index is 0.0623. The van der Waals surface area contributed by atoms with Crippen molar-refractivity contribution in [2.75, 3.05) is 46.1 Å². The van der Waals surface area contributed by atoms with E-state index >= 15 is 0 Å². The number of anilines is 1. The zero-order valence-corrected chi connectivity index (χ0v) is 13.2. The van der Waals surface area contributed by atoms with Crippen LogP contribution in [0.2, 0.25) is 0 Å². The van der Waals surface area contributed by atoms with Crippen LogP contribution in [0, 0.1) is 5.92 Å². The summed E-state index contributed by atoms with van der Waals surface area (Å²) in [6.07, 6.45) is 3.35. The van der Waals surface area contributed by atoms with Gasteiger partial charge in [0.2, 0.25) is 0 Å². The van der Waals surface area contributed by atoms with Gasteiger partial charge in [-0.3, -0.25) is 9.78 Å². The fraction of sp³-hybridized carbons (Fsp3) is 0.600. The lowest BCUT2D eigenvalue weighted by Gasteiger charge is -2.26. The quantitative estimate of drug-likeness (QED) is 0.826. The first kappa shape index (κ1) is 16.4. The summed E-state index contributed by atoms with van der Waals surface area (Å²) in [4.78, 5) is 20.8. The van der Waals surface area contributed by atoms with Crippen LogP contribution >= 0.6 is 0 Å². The molecule has 0 saturated carbocycles. The smallest absolute Gasteiger partial charge is 0.256 e. The molecule has 20 heavy (non-hydrogen) atoms. The van der Waals surface area contributed by atoms with E-state index in [2.05, 4.69) is 29.0 Å². The number of nitrogens with zero attached hydrogens (tertiary/aromatic N) is 3. The zero-order chi connectivity index (χ0) is 15.1. The Bertz CT molecular complexity index is 432. The molecule has 0 spiro atoms. The molecule has 5 heteroatoms. The maximum atomic E-state index is 12.7. The van der Waals surface area contributed by atoms with Crippen molar-refractivity contribution in [2.24, 2.45) is 5.92 Å². The number of rotatable bonds is 7. The first-order chi connectivity index (χ1) is 9.45. The van der Waals surface area contributed by atoms with Gasteiger partial charge in [-0.1, -0.05) is 13.8 Å². The van der Waals surface area contributed by atoms with Crippen molar-refractivity contribution in [1.82, 2.24) is 14.8 Å². The Morgan fingerprint density at radius 1 is 1.35 bits per heavy atom. The second-order valence-electron chi connectivity index (χ2n) is 5.62. The molecule has 1 N–H and O–H groups in total. The fourth-order valence-electron chi connectivity index (χ4n) is 1.99. The monoisotopic (exact) mass is 278 g/mol. The Balaban J connectivity index is 2.91. The highest BCUT2D eigenvalue weighted by atomic mass is 16.2. The lowest BCUT2D eigenvalue weighted by molar-refractivity contribution is 0.0725. The van der Waals surface area contributed by atoms with Crippen molar-refractivity contribution in [3.05, 3.63) is 24.0 Å². The average molecular weight is 278 g/mol. The standard InChI is InChI=1S/C15H26N4O/c1-12(2)11-19(9-8-18(4)5)15(20)13-6-7-17-10-14(13)16-3/h6-7,10,12,16H,8-9,11H2,1-5H3. The van der Waals surface area contributed by atoms with Gasteiger partial charge < -0.3 is 15.1 Å². The summed E-state index contributed by atoms with van der Waals surface area (Å²) >= 11 is 0. The van der Waals surface area contributed by atoms with Crippen LogP contribution in [0.25, 0.3) is 0 Å². The van der Waals surface area contributed by atoms with Crippen LogP contribution in [0.3, 0.4) is 0 Å². The third kappa shape index (κ3) is 4.81. The van der Waals surface area contributed by atoms with E-state index in [1.807, 2.05) is 19.0 Å². The Morgan fingerprint density at radius 2 is 2.05 bits per heavy atom. The zero-order valence-electron chi connectivity index (χ0n) is 13.2. The summed E-state index contributed by atoms with van der Waals surface area (Å²) in [6, 6.07) is 1.77. The number of nitrogens with one attached hydrogen (secondary N) is 1. The van der Waals surface area contributed by atoms with Crippen molar-refractivity contribution >= 4 is 11.6 Å². The summed E-state index contributed by atoms with van der Waals surface area (Å²) < 4.78 is 0. The molecular weight excluding hydrogens is 252 g/mol. The lowest BCUT2D eigenvalue weighted by atomic mass is 10.1. The summed E-state index contributed by atoms with van der Waals surface area (Å²) in [7, 11) is 5.84. The molecule has 0 bridgehead atoms. The summed E-state index contributed by atoms with van der Waals surface area (Å²) in [5, 5.41) is 3.03. The molecule has 1 rings (SSSR count). The molecular formula is C15H26N4O. The van der Waals surface area contributed by atoms with Crippen LogP contribution < -0.4 is 5.32 Å². The van der Waals surface area contributed by atoms with Gasteiger partial charge in [-0.15, -0.1) is 0 Å². The van der Waals surface area contributed by atoms with E-state index in [1.54, 1.807) is 25.5 Å². The van der Waals surface area contributed by atoms with Crippen LogP contribution in [-0.4, -0.2) is 61.5 Å². The lowest BCUT2D eigenvalue weighted by Crippen LogP contribution is -2.39. The summed E-state index contributed by atoms with van der Waals surface area (Å²) in [5.41, 5.74) is 1.46. The average Bonchev–Trinajstić information content (AvgIpc) is 2.42. The molecule has 1 aromatic heterocycles. The first-order valence-electron chi connectivity index (χ1n) is 7.01. The summed E-state index contributed by atoms with van der Waals surface area (Å²) in [5.74, 6) is 0.508. The van der Waals surface area contributed by atoms with E-state index < -0.39 is 0 Å². The predicted molar refractivity (Wildman–Crippen MR) is 83.1 cm³/mol. The Morgan fingerprint density at radius 3 is 2.60 bits per heavy atom. The van der Waals surface area contributed by atoms with Crippen molar-refractivity contribution in [3.8, 4) is 0 Å². The molecule has 0 radical (unpaired) electrons. The molecule has 0 saturated heterocycles.